The zero-order valence-corrected chi connectivity index (χ0v) is 14.2. The number of ether oxygens (including phenoxy) is 4. The maximum absolute atomic E-state index is 6.25. The molecule has 0 aromatic rings. The van der Waals surface area contributed by atoms with Crippen LogP contribution in [0.1, 0.15) is 55.4 Å². The average molecular weight is 286 g/mol. The van der Waals surface area contributed by atoms with Crippen LogP contribution in [-0.2, 0) is 18.9 Å². The molecule has 0 amide bonds. The van der Waals surface area contributed by atoms with Gasteiger partial charge in [-0.1, -0.05) is 13.8 Å². The number of hydrogen-bond donors (Lipinski definition) is 0. The van der Waals surface area contributed by atoms with Gasteiger partial charge in [0, 0.05) is 5.41 Å². The largest absolute Gasteiger partial charge is 0.350 e. The van der Waals surface area contributed by atoms with Gasteiger partial charge in [-0.25, -0.2) is 0 Å². The summed E-state index contributed by atoms with van der Waals surface area (Å²) in [5.74, 6) is -1.20. The maximum atomic E-state index is 6.25. The van der Waals surface area contributed by atoms with Crippen molar-refractivity contribution < 1.29 is 18.9 Å². The summed E-state index contributed by atoms with van der Waals surface area (Å²) >= 11 is 0. The molecule has 3 atom stereocenters. The molecule has 4 nitrogen and oxygen atoms in total. The lowest BCUT2D eigenvalue weighted by Gasteiger charge is -2.55. The molecule has 4 heteroatoms. The van der Waals surface area contributed by atoms with Crippen molar-refractivity contribution in [2.45, 2.75) is 78.7 Å². The summed E-state index contributed by atoms with van der Waals surface area (Å²) in [4.78, 5) is 0. The standard InChI is InChI=1S/C16H30O4/c1-11-13(2,3)10-18-16(8,19-11)12-9-17-15(6,7)20-14(12,4)5/h11-12H,9-10H2,1-8H3. The molecule has 3 unspecified atom stereocenters. The number of rotatable bonds is 1. The van der Waals surface area contributed by atoms with Gasteiger partial charge < -0.3 is 18.9 Å². The average Bonchev–Trinajstić information content (AvgIpc) is 2.21. The Morgan fingerprint density at radius 1 is 0.900 bits per heavy atom. The van der Waals surface area contributed by atoms with E-state index in [1.165, 1.54) is 0 Å². The van der Waals surface area contributed by atoms with Crippen molar-refractivity contribution in [2.24, 2.45) is 11.3 Å². The first-order valence-corrected chi connectivity index (χ1v) is 7.54. The van der Waals surface area contributed by atoms with E-state index in [-0.39, 0.29) is 23.0 Å². The Morgan fingerprint density at radius 3 is 2.00 bits per heavy atom. The fourth-order valence-electron chi connectivity index (χ4n) is 3.18. The van der Waals surface area contributed by atoms with Crippen molar-refractivity contribution in [2.75, 3.05) is 13.2 Å². The van der Waals surface area contributed by atoms with Gasteiger partial charge in [0.05, 0.1) is 30.8 Å². The lowest BCUT2D eigenvalue weighted by Crippen LogP contribution is -2.64. The van der Waals surface area contributed by atoms with Gasteiger partial charge in [-0.15, -0.1) is 0 Å². The third-order valence-corrected chi connectivity index (χ3v) is 4.82. The Bertz CT molecular complexity index is 375. The van der Waals surface area contributed by atoms with E-state index in [1.807, 2.05) is 20.8 Å². The summed E-state index contributed by atoms with van der Waals surface area (Å²) in [5.41, 5.74) is -0.336. The molecule has 2 aliphatic rings. The molecular weight excluding hydrogens is 256 g/mol. The molecule has 2 heterocycles. The molecule has 118 valence electrons. The molecule has 2 fully saturated rings. The summed E-state index contributed by atoms with van der Waals surface area (Å²) in [6.07, 6.45) is 0.131. The van der Waals surface area contributed by atoms with Gasteiger partial charge >= 0.3 is 0 Å². The lowest BCUT2D eigenvalue weighted by molar-refractivity contribution is -0.405. The highest BCUT2D eigenvalue weighted by Gasteiger charge is 2.55. The molecule has 0 aromatic carbocycles. The highest BCUT2D eigenvalue weighted by molar-refractivity contribution is 4.96. The smallest absolute Gasteiger partial charge is 0.173 e. The minimum atomic E-state index is -0.672. The van der Waals surface area contributed by atoms with Crippen molar-refractivity contribution in [3.63, 3.8) is 0 Å². The first kappa shape index (κ1) is 16.2. The Hall–Kier alpha value is -0.160. The van der Waals surface area contributed by atoms with Crippen molar-refractivity contribution in [3.05, 3.63) is 0 Å². The molecule has 0 saturated carbocycles. The monoisotopic (exact) mass is 286 g/mol. The van der Waals surface area contributed by atoms with Crippen LogP contribution in [0.3, 0.4) is 0 Å². The van der Waals surface area contributed by atoms with E-state index >= 15 is 0 Å². The molecular formula is C16H30O4. The third-order valence-electron chi connectivity index (χ3n) is 4.82. The molecule has 0 N–H and O–H groups in total. The second-order valence-electron chi connectivity index (χ2n) is 8.02. The molecule has 0 aliphatic carbocycles. The van der Waals surface area contributed by atoms with Gasteiger partial charge in [0.25, 0.3) is 0 Å². The van der Waals surface area contributed by atoms with E-state index in [2.05, 4.69) is 34.6 Å². The topological polar surface area (TPSA) is 36.9 Å². The van der Waals surface area contributed by atoms with Crippen LogP contribution in [0.2, 0.25) is 0 Å². The van der Waals surface area contributed by atoms with Crippen LogP contribution in [-0.4, -0.2) is 36.5 Å². The first-order valence-electron chi connectivity index (χ1n) is 7.54. The van der Waals surface area contributed by atoms with Crippen molar-refractivity contribution in [3.8, 4) is 0 Å². The van der Waals surface area contributed by atoms with E-state index < -0.39 is 11.6 Å². The third kappa shape index (κ3) is 2.89. The fourth-order valence-corrected chi connectivity index (χ4v) is 3.18. The Labute approximate surface area is 123 Å². The van der Waals surface area contributed by atoms with Gasteiger partial charge in [0.15, 0.2) is 11.6 Å². The molecule has 2 rings (SSSR count). The van der Waals surface area contributed by atoms with E-state index in [9.17, 15) is 0 Å². The summed E-state index contributed by atoms with van der Waals surface area (Å²) in [6, 6.07) is 0. The molecule has 0 spiro atoms. The van der Waals surface area contributed by atoms with E-state index in [0.29, 0.717) is 13.2 Å². The molecule has 2 aliphatic heterocycles. The Morgan fingerprint density at radius 2 is 1.50 bits per heavy atom. The first-order chi connectivity index (χ1) is 8.88. The predicted octanol–water partition coefficient (Wildman–Crippen LogP) is 3.34. The van der Waals surface area contributed by atoms with Crippen LogP contribution < -0.4 is 0 Å². The van der Waals surface area contributed by atoms with Crippen LogP contribution in [0.4, 0.5) is 0 Å². The summed E-state index contributed by atoms with van der Waals surface area (Å²) < 4.78 is 24.3. The Kier molecular flexibility index (Phi) is 3.78. The van der Waals surface area contributed by atoms with Crippen molar-refractivity contribution in [1.82, 2.24) is 0 Å². The van der Waals surface area contributed by atoms with Gasteiger partial charge in [-0.3, -0.25) is 0 Å². The number of hydrogen-bond acceptors (Lipinski definition) is 4. The molecule has 0 bridgehead atoms. The summed E-state index contributed by atoms with van der Waals surface area (Å²) in [6.45, 7) is 17.8. The van der Waals surface area contributed by atoms with E-state index in [1.54, 1.807) is 0 Å². The van der Waals surface area contributed by atoms with E-state index in [0.717, 1.165) is 0 Å². The highest BCUT2D eigenvalue weighted by atomic mass is 16.7. The fraction of sp³-hybridized carbons (Fsp3) is 1.00. The second-order valence-corrected chi connectivity index (χ2v) is 8.02. The second kappa shape index (κ2) is 4.67. The maximum Gasteiger partial charge on any atom is 0.173 e. The highest BCUT2D eigenvalue weighted by Crippen LogP contribution is 2.46. The lowest BCUT2D eigenvalue weighted by atomic mass is 9.80. The van der Waals surface area contributed by atoms with Crippen LogP contribution in [0.15, 0.2) is 0 Å². The Balaban J connectivity index is 2.19. The zero-order valence-electron chi connectivity index (χ0n) is 14.2. The van der Waals surface area contributed by atoms with Crippen LogP contribution in [0, 0.1) is 11.3 Å². The molecule has 2 saturated heterocycles. The molecule has 0 radical (unpaired) electrons. The van der Waals surface area contributed by atoms with Gasteiger partial charge in [-0.2, -0.15) is 0 Å². The minimum absolute atomic E-state index is 0.0271. The van der Waals surface area contributed by atoms with Gasteiger partial charge in [0.1, 0.15) is 0 Å². The quantitative estimate of drug-likeness (QED) is 0.741. The van der Waals surface area contributed by atoms with Gasteiger partial charge in [-0.05, 0) is 41.5 Å². The predicted molar refractivity (Wildman–Crippen MR) is 77.4 cm³/mol. The van der Waals surface area contributed by atoms with E-state index in [4.69, 9.17) is 18.9 Å². The summed E-state index contributed by atoms with van der Waals surface area (Å²) in [7, 11) is 0. The molecule has 20 heavy (non-hydrogen) atoms. The van der Waals surface area contributed by atoms with Crippen LogP contribution in [0.5, 0.6) is 0 Å². The zero-order chi connectivity index (χ0) is 15.4. The van der Waals surface area contributed by atoms with Crippen LogP contribution >= 0.6 is 0 Å². The molecule has 0 aromatic heterocycles. The van der Waals surface area contributed by atoms with Crippen molar-refractivity contribution in [1.29, 1.82) is 0 Å². The minimum Gasteiger partial charge on any atom is -0.350 e. The van der Waals surface area contributed by atoms with Crippen LogP contribution in [0.25, 0.3) is 0 Å². The normalized spacial score (nSPS) is 43.2. The van der Waals surface area contributed by atoms with Gasteiger partial charge in [0.2, 0.25) is 0 Å². The summed E-state index contributed by atoms with van der Waals surface area (Å²) in [5, 5.41) is 0. The van der Waals surface area contributed by atoms with Crippen molar-refractivity contribution >= 4 is 0 Å². The SMILES string of the molecule is CC1OC(C)(C2COC(C)(C)OC2(C)C)OCC1(C)C.